The van der Waals surface area contributed by atoms with Crippen molar-refractivity contribution in [3.8, 4) is 5.75 Å². The predicted octanol–water partition coefficient (Wildman–Crippen LogP) is 4.77. The highest BCUT2D eigenvalue weighted by atomic mass is 79.9. The van der Waals surface area contributed by atoms with Crippen LogP contribution in [-0.4, -0.2) is 35.2 Å². The maximum atomic E-state index is 13.1. The molecule has 2 aromatic rings. The third-order valence-electron chi connectivity index (χ3n) is 4.04. The molecule has 0 bridgehead atoms. The number of hydrogen-bond donors (Lipinski definition) is 0. The molecule has 1 heterocycles. The van der Waals surface area contributed by atoms with Gasteiger partial charge in [-0.25, -0.2) is 9.18 Å². The van der Waals surface area contributed by atoms with E-state index in [0.29, 0.717) is 16.9 Å². The van der Waals surface area contributed by atoms with Gasteiger partial charge in [0.25, 0.3) is 11.1 Å². The van der Waals surface area contributed by atoms with Crippen LogP contribution in [-0.2, 0) is 20.9 Å². The molecule has 0 atom stereocenters. The van der Waals surface area contributed by atoms with Crippen molar-refractivity contribution in [2.24, 2.45) is 0 Å². The average Bonchev–Trinajstić information content (AvgIpc) is 2.96. The molecular weight excluding hydrogens is 477 g/mol. The number of amides is 2. The molecule has 6 nitrogen and oxygen atoms in total. The second-order valence-electron chi connectivity index (χ2n) is 6.17. The Kier molecular flexibility index (Phi) is 7.28. The van der Waals surface area contributed by atoms with Crippen LogP contribution >= 0.6 is 27.7 Å². The maximum Gasteiger partial charge on any atom is 0.344 e. The van der Waals surface area contributed by atoms with E-state index < -0.39 is 22.9 Å². The quantitative estimate of drug-likeness (QED) is 0.408. The summed E-state index contributed by atoms with van der Waals surface area (Å²) in [6.07, 6.45) is 1.54. The normalized spacial score (nSPS) is 15.0. The van der Waals surface area contributed by atoms with Crippen LogP contribution in [0.4, 0.5) is 9.18 Å². The highest BCUT2D eigenvalue weighted by Gasteiger charge is 2.35. The summed E-state index contributed by atoms with van der Waals surface area (Å²) >= 11 is 4.17. The Morgan fingerprint density at radius 2 is 1.93 bits per heavy atom. The summed E-state index contributed by atoms with van der Waals surface area (Å²) in [5.74, 6) is -0.981. The second kappa shape index (κ2) is 9.90. The predicted molar refractivity (Wildman–Crippen MR) is 114 cm³/mol. The van der Waals surface area contributed by atoms with Gasteiger partial charge in [-0.15, -0.1) is 0 Å². The number of halogens is 2. The summed E-state index contributed by atoms with van der Waals surface area (Å²) < 4.78 is 24.2. The molecule has 0 aliphatic carbocycles. The fraction of sp³-hybridized carbons (Fsp3) is 0.190. The zero-order valence-electron chi connectivity index (χ0n) is 15.9. The van der Waals surface area contributed by atoms with Gasteiger partial charge >= 0.3 is 5.97 Å². The number of hydrogen-bond acceptors (Lipinski definition) is 6. The van der Waals surface area contributed by atoms with Crippen LogP contribution in [0.5, 0.6) is 5.75 Å². The van der Waals surface area contributed by atoms with Crippen LogP contribution in [0.3, 0.4) is 0 Å². The fourth-order valence-corrected chi connectivity index (χ4v) is 3.86. The molecule has 9 heteroatoms. The molecule has 2 aromatic carbocycles. The van der Waals surface area contributed by atoms with E-state index in [-0.39, 0.29) is 24.7 Å². The van der Waals surface area contributed by atoms with Gasteiger partial charge in [0.1, 0.15) is 11.6 Å². The third-order valence-corrected chi connectivity index (χ3v) is 5.44. The van der Waals surface area contributed by atoms with Crippen molar-refractivity contribution in [1.82, 2.24) is 4.90 Å². The number of nitrogens with zero attached hydrogens (tertiary/aromatic N) is 1. The van der Waals surface area contributed by atoms with E-state index in [1.54, 1.807) is 31.2 Å². The number of carbonyl (C=O) groups is 3. The van der Waals surface area contributed by atoms with Crippen molar-refractivity contribution in [3.63, 3.8) is 0 Å². The van der Waals surface area contributed by atoms with Gasteiger partial charge < -0.3 is 9.47 Å². The lowest BCUT2D eigenvalue weighted by Gasteiger charge is -2.12. The minimum Gasteiger partial charge on any atom is -0.481 e. The van der Waals surface area contributed by atoms with Crippen molar-refractivity contribution in [2.75, 3.05) is 13.2 Å². The minimum atomic E-state index is -0.508. The number of ether oxygens (including phenoxy) is 2. The standard InChI is InChI=1S/C21H17BrFNO5S/c1-2-28-19(25)12-29-17-8-5-15(22)9-14(17)10-18-20(26)24(21(27)30-18)11-13-3-6-16(23)7-4-13/h3-10H,2,11-12H2,1H3/b18-10-. The number of imide groups is 1. The first-order valence-corrected chi connectivity index (χ1v) is 10.6. The highest BCUT2D eigenvalue weighted by Crippen LogP contribution is 2.35. The molecule has 1 saturated heterocycles. The summed E-state index contributed by atoms with van der Waals surface area (Å²) in [7, 11) is 0. The van der Waals surface area contributed by atoms with Crippen LogP contribution < -0.4 is 4.74 Å². The lowest BCUT2D eigenvalue weighted by Crippen LogP contribution is -2.27. The molecule has 2 amide bonds. The van der Waals surface area contributed by atoms with Gasteiger partial charge in [-0.1, -0.05) is 28.1 Å². The van der Waals surface area contributed by atoms with Gasteiger partial charge in [0, 0.05) is 10.0 Å². The Labute approximate surface area is 185 Å². The first-order valence-electron chi connectivity index (χ1n) is 8.95. The SMILES string of the molecule is CCOC(=O)COc1ccc(Br)cc1/C=C1\SC(=O)N(Cc2ccc(F)cc2)C1=O. The number of benzene rings is 2. The zero-order valence-corrected chi connectivity index (χ0v) is 18.3. The molecule has 0 aromatic heterocycles. The van der Waals surface area contributed by atoms with E-state index >= 15 is 0 Å². The van der Waals surface area contributed by atoms with Crippen LogP contribution in [0, 0.1) is 5.82 Å². The molecule has 1 fully saturated rings. The summed E-state index contributed by atoms with van der Waals surface area (Å²) in [6.45, 7) is 1.72. The van der Waals surface area contributed by atoms with Crippen molar-refractivity contribution >= 4 is 50.9 Å². The van der Waals surface area contributed by atoms with E-state index in [4.69, 9.17) is 9.47 Å². The first kappa shape index (κ1) is 22.0. The first-order chi connectivity index (χ1) is 14.4. The van der Waals surface area contributed by atoms with E-state index in [2.05, 4.69) is 15.9 Å². The summed E-state index contributed by atoms with van der Waals surface area (Å²) in [5, 5.41) is -0.417. The Morgan fingerprint density at radius 3 is 2.63 bits per heavy atom. The van der Waals surface area contributed by atoms with Crippen molar-refractivity contribution < 1.29 is 28.2 Å². The lowest BCUT2D eigenvalue weighted by atomic mass is 10.1. The van der Waals surface area contributed by atoms with E-state index in [1.165, 1.54) is 24.3 Å². The molecule has 0 spiro atoms. The third kappa shape index (κ3) is 5.48. The topological polar surface area (TPSA) is 72.9 Å². The van der Waals surface area contributed by atoms with E-state index in [1.807, 2.05) is 0 Å². The van der Waals surface area contributed by atoms with Crippen LogP contribution in [0.15, 0.2) is 51.8 Å². The fourth-order valence-electron chi connectivity index (χ4n) is 2.65. The molecule has 3 rings (SSSR count). The van der Waals surface area contributed by atoms with Crippen LogP contribution in [0.2, 0.25) is 0 Å². The van der Waals surface area contributed by atoms with Gasteiger partial charge in [0.05, 0.1) is 18.1 Å². The Morgan fingerprint density at radius 1 is 1.20 bits per heavy atom. The molecule has 0 radical (unpaired) electrons. The number of carbonyl (C=O) groups excluding carboxylic acids is 3. The molecule has 0 N–H and O–H groups in total. The Bertz CT molecular complexity index is 1010. The summed E-state index contributed by atoms with van der Waals surface area (Å²) in [4.78, 5) is 38.0. The van der Waals surface area contributed by atoms with Crippen LogP contribution in [0.1, 0.15) is 18.1 Å². The Hall–Kier alpha value is -2.65. The van der Waals surface area contributed by atoms with Gasteiger partial charge in [-0.05, 0) is 60.7 Å². The number of thioether (sulfide) groups is 1. The summed E-state index contributed by atoms with van der Waals surface area (Å²) in [6, 6.07) is 10.7. The minimum absolute atomic E-state index is 0.0486. The van der Waals surface area contributed by atoms with Gasteiger partial charge in [0.2, 0.25) is 0 Å². The molecular formula is C21H17BrFNO5S. The van der Waals surface area contributed by atoms with Crippen molar-refractivity contribution in [3.05, 3.63) is 68.8 Å². The Balaban J connectivity index is 1.80. The highest BCUT2D eigenvalue weighted by molar-refractivity contribution is 9.10. The summed E-state index contributed by atoms with van der Waals surface area (Å²) in [5.41, 5.74) is 1.17. The molecule has 156 valence electrons. The molecule has 0 saturated carbocycles. The second-order valence-corrected chi connectivity index (χ2v) is 8.08. The number of esters is 1. The van der Waals surface area contributed by atoms with Crippen molar-refractivity contribution in [2.45, 2.75) is 13.5 Å². The van der Waals surface area contributed by atoms with Crippen LogP contribution in [0.25, 0.3) is 6.08 Å². The van der Waals surface area contributed by atoms with Crippen molar-refractivity contribution in [1.29, 1.82) is 0 Å². The zero-order chi connectivity index (χ0) is 21.7. The molecule has 1 aliphatic heterocycles. The van der Waals surface area contributed by atoms with Gasteiger partial charge in [-0.2, -0.15) is 0 Å². The smallest absolute Gasteiger partial charge is 0.344 e. The molecule has 0 unspecified atom stereocenters. The monoisotopic (exact) mass is 493 g/mol. The maximum absolute atomic E-state index is 13.1. The molecule has 1 aliphatic rings. The number of rotatable bonds is 7. The lowest BCUT2D eigenvalue weighted by molar-refractivity contribution is -0.145. The van der Waals surface area contributed by atoms with E-state index in [9.17, 15) is 18.8 Å². The largest absolute Gasteiger partial charge is 0.481 e. The average molecular weight is 494 g/mol. The van der Waals surface area contributed by atoms with Gasteiger partial charge in [0.15, 0.2) is 6.61 Å². The molecule has 30 heavy (non-hydrogen) atoms. The van der Waals surface area contributed by atoms with Gasteiger partial charge in [-0.3, -0.25) is 14.5 Å². The van der Waals surface area contributed by atoms with E-state index in [0.717, 1.165) is 21.1 Å².